The number of hydrogen-bond donors (Lipinski definition) is 0. The summed E-state index contributed by atoms with van der Waals surface area (Å²) >= 11 is 12.8. The largest absolute Gasteiger partial charge is 0.465 e. The summed E-state index contributed by atoms with van der Waals surface area (Å²) in [4.78, 5) is 24.9. The molecular formula is C25H21Cl2N3O5. The van der Waals surface area contributed by atoms with Gasteiger partial charge in [-0.2, -0.15) is 0 Å². The fraction of sp³-hybridized carbons (Fsp3) is 0.200. The Kier molecular flexibility index (Phi) is 6.95. The van der Waals surface area contributed by atoms with Crippen molar-refractivity contribution in [3.63, 3.8) is 0 Å². The van der Waals surface area contributed by atoms with Crippen molar-refractivity contribution in [3.05, 3.63) is 104 Å². The minimum absolute atomic E-state index is 0.155. The molecule has 1 atom stereocenters. The number of benzene rings is 2. The number of hydrogen-bond acceptors (Lipinski definition) is 7. The van der Waals surface area contributed by atoms with Crippen LogP contribution in [-0.2, 0) is 10.3 Å². The van der Waals surface area contributed by atoms with E-state index in [1.807, 2.05) is 13.8 Å². The maximum atomic E-state index is 13.2. The lowest BCUT2D eigenvalue weighted by atomic mass is 9.75. The predicted octanol–water partition coefficient (Wildman–Crippen LogP) is 5.56. The first kappa shape index (κ1) is 24.5. The molecule has 1 unspecified atom stereocenters. The summed E-state index contributed by atoms with van der Waals surface area (Å²) in [6.45, 7) is 3.87. The van der Waals surface area contributed by atoms with Gasteiger partial charge in [0.15, 0.2) is 0 Å². The highest BCUT2D eigenvalue weighted by Crippen LogP contribution is 2.43. The number of carbonyl (C=O) groups is 1. The minimum Gasteiger partial charge on any atom is -0.465 e. The second-order valence-corrected chi connectivity index (χ2v) is 8.84. The van der Waals surface area contributed by atoms with Crippen molar-refractivity contribution in [3.8, 4) is 11.6 Å². The van der Waals surface area contributed by atoms with Crippen LogP contribution in [0.15, 0.2) is 76.4 Å². The van der Waals surface area contributed by atoms with Gasteiger partial charge in [-0.1, -0.05) is 48.3 Å². The van der Waals surface area contributed by atoms with E-state index in [2.05, 4.69) is 10.3 Å². The molecule has 0 amide bonds. The summed E-state index contributed by atoms with van der Waals surface area (Å²) in [5.74, 6) is -0.124. The smallest absolute Gasteiger partial charge is 0.337 e. The molecule has 0 aliphatic carbocycles. The zero-order valence-electron chi connectivity index (χ0n) is 19.1. The summed E-state index contributed by atoms with van der Waals surface area (Å²) in [5.41, 5.74) is -0.0324. The van der Waals surface area contributed by atoms with Crippen molar-refractivity contribution in [2.45, 2.75) is 19.4 Å². The maximum Gasteiger partial charge on any atom is 0.337 e. The van der Waals surface area contributed by atoms with Gasteiger partial charge in [0.25, 0.3) is 5.56 Å². The van der Waals surface area contributed by atoms with Gasteiger partial charge in [0, 0.05) is 33.3 Å². The molecule has 0 saturated carbocycles. The number of halogens is 2. The van der Waals surface area contributed by atoms with Gasteiger partial charge in [0.05, 0.1) is 18.9 Å². The van der Waals surface area contributed by atoms with E-state index >= 15 is 0 Å². The lowest BCUT2D eigenvalue weighted by Crippen LogP contribution is -2.48. The Morgan fingerprint density at radius 2 is 1.83 bits per heavy atom. The summed E-state index contributed by atoms with van der Waals surface area (Å²) in [6.07, 6.45) is 2.98. The third-order valence-electron chi connectivity index (χ3n) is 5.66. The molecule has 2 heterocycles. The van der Waals surface area contributed by atoms with Gasteiger partial charge in [0.2, 0.25) is 5.88 Å². The van der Waals surface area contributed by atoms with Gasteiger partial charge >= 0.3 is 5.97 Å². The van der Waals surface area contributed by atoms with E-state index in [-0.39, 0.29) is 17.4 Å². The molecule has 0 aliphatic heterocycles. The molecule has 0 spiro atoms. The van der Waals surface area contributed by atoms with E-state index in [1.165, 1.54) is 36.4 Å². The second-order valence-electron chi connectivity index (χ2n) is 8.00. The SMILES string of the molecule is COC(=O)c1ccc(Oc2ccc(=O)n(C(c3cnoc3)(c3ccc(Cl)cc3Cl)C(C)C)n2)cc1. The van der Waals surface area contributed by atoms with E-state index in [0.29, 0.717) is 32.5 Å². The first-order chi connectivity index (χ1) is 16.8. The molecule has 10 heteroatoms. The zero-order valence-corrected chi connectivity index (χ0v) is 20.6. The van der Waals surface area contributed by atoms with Crippen LogP contribution >= 0.6 is 23.2 Å². The molecule has 2 aromatic heterocycles. The van der Waals surface area contributed by atoms with Crippen LogP contribution in [-0.4, -0.2) is 28.0 Å². The van der Waals surface area contributed by atoms with E-state index in [1.54, 1.807) is 42.5 Å². The normalized spacial score (nSPS) is 12.9. The summed E-state index contributed by atoms with van der Waals surface area (Å²) in [6, 6.07) is 14.2. The van der Waals surface area contributed by atoms with Crippen LogP contribution in [0.5, 0.6) is 11.6 Å². The average molecular weight is 514 g/mol. The molecule has 180 valence electrons. The molecule has 2 aromatic carbocycles. The second kappa shape index (κ2) is 9.93. The third kappa shape index (κ3) is 4.54. The van der Waals surface area contributed by atoms with Crippen LogP contribution in [0.4, 0.5) is 0 Å². The first-order valence-corrected chi connectivity index (χ1v) is 11.4. The molecule has 0 N–H and O–H groups in total. The molecular weight excluding hydrogens is 493 g/mol. The molecule has 8 nitrogen and oxygen atoms in total. The van der Waals surface area contributed by atoms with Gasteiger partial charge in [-0.15, -0.1) is 5.10 Å². The van der Waals surface area contributed by atoms with Gasteiger partial charge in [-0.25, -0.2) is 9.48 Å². The van der Waals surface area contributed by atoms with E-state index in [9.17, 15) is 9.59 Å². The molecule has 0 aliphatic rings. The predicted molar refractivity (Wildman–Crippen MR) is 130 cm³/mol. The van der Waals surface area contributed by atoms with Crippen LogP contribution in [0, 0.1) is 5.92 Å². The zero-order chi connectivity index (χ0) is 25.2. The number of methoxy groups -OCH3 is 1. The van der Waals surface area contributed by atoms with Gasteiger partial charge in [0.1, 0.15) is 17.6 Å². The summed E-state index contributed by atoms with van der Waals surface area (Å²) in [5, 5.41) is 9.23. The highest BCUT2D eigenvalue weighted by Gasteiger charge is 2.44. The fourth-order valence-corrected chi connectivity index (χ4v) is 4.62. The minimum atomic E-state index is -1.19. The summed E-state index contributed by atoms with van der Waals surface area (Å²) < 4.78 is 17.1. The van der Waals surface area contributed by atoms with Gasteiger partial charge < -0.3 is 14.0 Å². The quantitative estimate of drug-likeness (QED) is 0.298. The topological polar surface area (TPSA) is 96.5 Å². The van der Waals surface area contributed by atoms with E-state index in [0.717, 1.165) is 0 Å². The van der Waals surface area contributed by atoms with Gasteiger partial charge in [-0.05, 0) is 42.3 Å². The van der Waals surface area contributed by atoms with Crippen molar-refractivity contribution >= 4 is 29.2 Å². The van der Waals surface area contributed by atoms with Crippen LogP contribution in [0.2, 0.25) is 10.0 Å². The Balaban J connectivity index is 1.87. The maximum absolute atomic E-state index is 13.2. The number of aromatic nitrogens is 3. The van der Waals surface area contributed by atoms with Crippen LogP contribution in [0.3, 0.4) is 0 Å². The monoisotopic (exact) mass is 513 g/mol. The number of esters is 1. The third-order valence-corrected chi connectivity index (χ3v) is 6.21. The molecule has 0 radical (unpaired) electrons. The molecule has 4 aromatic rings. The molecule has 35 heavy (non-hydrogen) atoms. The lowest BCUT2D eigenvalue weighted by molar-refractivity contribution is 0.0600. The Hall–Kier alpha value is -3.62. The van der Waals surface area contributed by atoms with Crippen molar-refractivity contribution in [1.29, 1.82) is 0 Å². The van der Waals surface area contributed by atoms with Crippen LogP contribution in [0.25, 0.3) is 0 Å². The van der Waals surface area contributed by atoms with Crippen molar-refractivity contribution < 1.29 is 18.8 Å². The molecule has 4 rings (SSSR count). The highest BCUT2D eigenvalue weighted by atomic mass is 35.5. The Labute approximate surface area is 211 Å². The molecule has 0 saturated heterocycles. The Bertz CT molecular complexity index is 1400. The Morgan fingerprint density at radius 3 is 2.43 bits per heavy atom. The average Bonchev–Trinajstić information content (AvgIpc) is 3.37. The standard InChI is InChI=1S/C25H21Cl2N3O5/c1-15(2)25(17-13-28-34-14-17,20-9-6-18(26)12-21(20)27)30-23(31)11-10-22(29-30)35-19-7-4-16(5-8-19)24(32)33-3/h4-15H,1-3H3. The van der Waals surface area contributed by atoms with Gasteiger partial charge in [-0.3, -0.25) is 4.79 Å². The molecule has 0 bridgehead atoms. The number of rotatable bonds is 7. The van der Waals surface area contributed by atoms with E-state index in [4.69, 9.17) is 37.2 Å². The van der Waals surface area contributed by atoms with E-state index < -0.39 is 11.5 Å². The number of nitrogens with zero attached hydrogens (tertiary/aromatic N) is 3. The Morgan fingerprint density at radius 1 is 1.09 bits per heavy atom. The first-order valence-electron chi connectivity index (χ1n) is 10.6. The lowest BCUT2D eigenvalue weighted by Gasteiger charge is -2.38. The van der Waals surface area contributed by atoms with Crippen molar-refractivity contribution in [2.75, 3.05) is 7.11 Å². The van der Waals surface area contributed by atoms with Crippen LogP contribution < -0.4 is 10.3 Å². The van der Waals surface area contributed by atoms with Crippen molar-refractivity contribution in [2.24, 2.45) is 5.92 Å². The number of ether oxygens (including phenoxy) is 2. The molecule has 0 fully saturated rings. The summed E-state index contributed by atoms with van der Waals surface area (Å²) in [7, 11) is 1.31. The van der Waals surface area contributed by atoms with Crippen molar-refractivity contribution in [1.82, 2.24) is 14.9 Å². The highest BCUT2D eigenvalue weighted by molar-refractivity contribution is 6.35. The number of carbonyl (C=O) groups excluding carboxylic acids is 1. The van der Waals surface area contributed by atoms with Crippen LogP contribution in [0.1, 0.15) is 35.3 Å². The fourth-order valence-electron chi connectivity index (χ4n) is 4.07.